The number of nitrogens with one attached hydrogen (secondary N) is 1. The van der Waals surface area contributed by atoms with E-state index in [1.165, 1.54) is 19.3 Å². The predicted molar refractivity (Wildman–Crippen MR) is 69.5 cm³/mol. The molecule has 2 N–H and O–H groups in total. The fraction of sp³-hybridized carbons (Fsp3) is 1.00. The van der Waals surface area contributed by atoms with Gasteiger partial charge in [-0.3, -0.25) is 0 Å². The van der Waals surface area contributed by atoms with E-state index in [1.807, 2.05) is 0 Å². The van der Waals surface area contributed by atoms with E-state index >= 15 is 0 Å². The smallest absolute Gasteiger partial charge is 0.0605 e. The van der Waals surface area contributed by atoms with Gasteiger partial charge in [-0.2, -0.15) is 0 Å². The van der Waals surface area contributed by atoms with Crippen molar-refractivity contribution in [3.63, 3.8) is 0 Å². The summed E-state index contributed by atoms with van der Waals surface area (Å²) in [5, 5.41) is 13.7. The second-order valence-corrected chi connectivity index (χ2v) is 5.97. The van der Waals surface area contributed by atoms with Gasteiger partial charge in [0.15, 0.2) is 0 Å². The van der Waals surface area contributed by atoms with Crippen molar-refractivity contribution in [1.29, 1.82) is 0 Å². The molecule has 0 spiro atoms. The zero-order valence-corrected chi connectivity index (χ0v) is 11.4. The summed E-state index contributed by atoms with van der Waals surface area (Å²) in [6.07, 6.45) is 5.71. The van der Waals surface area contributed by atoms with Crippen LogP contribution in [0.2, 0.25) is 0 Å². The van der Waals surface area contributed by atoms with Crippen molar-refractivity contribution in [1.82, 2.24) is 5.32 Å². The minimum absolute atomic E-state index is 0.0972. The SMILES string of the molecule is CCC(C)C(C)NCC1(C)CCCCC1O. The first-order valence-electron chi connectivity index (χ1n) is 6.91. The van der Waals surface area contributed by atoms with E-state index in [2.05, 4.69) is 33.0 Å². The third-order valence-corrected chi connectivity index (χ3v) is 4.61. The summed E-state index contributed by atoms with van der Waals surface area (Å²) in [5.41, 5.74) is 0.0972. The molecule has 0 bridgehead atoms. The summed E-state index contributed by atoms with van der Waals surface area (Å²) in [4.78, 5) is 0. The molecule has 0 heterocycles. The van der Waals surface area contributed by atoms with E-state index < -0.39 is 0 Å². The van der Waals surface area contributed by atoms with Crippen molar-refractivity contribution < 1.29 is 5.11 Å². The quantitative estimate of drug-likeness (QED) is 0.757. The summed E-state index contributed by atoms with van der Waals surface area (Å²) in [7, 11) is 0. The van der Waals surface area contributed by atoms with Gasteiger partial charge in [0.2, 0.25) is 0 Å². The fourth-order valence-electron chi connectivity index (χ4n) is 2.54. The summed E-state index contributed by atoms with van der Waals surface area (Å²) >= 11 is 0. The van der Waals surface area contributed by atoms with Crippen LogP contribution in [-0.4, -0.2) is 23.8 Å². The van der Waals surface area contributed by atoms with Gasteiger partial charge in [0, 0.05) is 18.0 Å². The van der Waals surface area contributed by atoms with Crippen LogP contribution in [0.3, 0.4) is 0 Å². The number of hydrogen-bond acceptors (Lipinski definition) is 2. The van der Waals surface area contributed by atoms with Crippen LogP contribution >= 0.6 is 0 Å². The summed E-state index contributed by atoms with van der Waals surface area (Å²) in [5.74, 6) is 0.712. The van der Waals surface area contributed by atoms with E-state index in [1.54, 1.807) is 0 Å². The highest BCUT2D eigenvalue weighted by molar-refractivity contribution is 4.88. The van der Waals surface area contributed by atoms with E-state index in [0.717, 1.165) is 19.4 Å². The molecule has 2 nitrogen and oxygen atoms in total. The van der Waals surface area contributed by atoms with Gasteiger partial charge < -0.3 is 10.4 Å². The minimum atomic E-state index is -0.113. The number of rotatable bonds is 5. The average molecular weight is 227 g/mol. The molecule has 0 aromatic heterocycles. The van der Waals surface area contributed by atoms with E-state index in [0.29, 0.717) is 12.0 Å². The number of aliphatic hydroxyl groups excluding tert-OH is 1. The van der Waals surface area contributed by atoms with Crippen LogP contribution in [0.5, 0.6) is 0 Å². The molecule has 1 aliphatic rings. The molecule has 4 unspecified atom stereocenters. The third kappa shape index (κ3) is 3.46. The molecule has 0 aromatic rings. The average Bonchev–Trinajstić information content (AvgIpc) is 2.29. The molecule has 1 fully saturated rings. The molecule has 0 radical (unpaired) electrons. The Morgan fingerprint density at radius 3 is 2.62 bits per heavy atom. The van der Waals surface area contributed by atoms with Gasteiger partial charge in [-0.05, 0) is 25.7 Å². The molecule has 0 aliphatic heterocycles. The summed E-state index contributed by atoms with van der Waals surface area (Å²) in [6.45, 7) is 9.97. The Morgan fingerprint density at radius 2 is 2.06 bits per heavy atom. The van der Waals surface area contributed by atoms with Crippen molar-refractivity contribution >= 4 is 0 Å². The van der Waals surface area contributed by atoms with Crippen molar-refractivity contribution in [3.8, 4) is 0 Å². The highest BCUT2D eigenvalue weighted by atomic mass is 16.3. The van der Waals surface area contributed by atoms with Crippen LogP contribution in [-0.2, 0) is 0 Å². The van der Waals surface area contributed by atoms with Gasteiger partial charge in [-0.15, -0.1) is 0 Å². The first kappa shape index (κ1) is 14.0. The zero-order chi connectivity index (χ0) is 12.2. The second kappa shape index (κ2) is 6.02. The molecule has 0 saturated heterocycles. The summed E-state index contributed by atoms with van der Waals surface area (Å²) in [6, 6.07) is 0.552. The lowest BCUT2D eigenvalue weighted by Gasteiger charge is -2.40. The Hall–Kier alpha value is -0.0800. The standard InChI is InChI=1S/C14H29NO/c1-5-11(2)12(3)15-10-14(4)9-7-6-8-13(14)16/h11-13,15-16H,5-10H2,1-4H3. The van der Waals surface area contributed by atoms with E-state index in [4.69, 9.17) is 0 Å². The first-order chi connectivity index (χ1) is 7.49. The maximum absolute atomic E-state index is 10.1. The predicted octanol–water partition coefficient (Wildman–Crippen LogP) is 2.95. The fourth-order valence-corrected chi connectivity index (χ4v) is 2.54. The van der Waals surface area contributed by atoms with Crippen molar-refractivity contribution in [2.45, 2.75) is 71.9 Å². The number of hydrogen-bond donors (Lipinski definition) is 2. The highest BCUT2D eigenvalue weighted by Gasteiger charge is 2.35. The lowest BCUT2D eigenvalue weighted by Crippen LogP contribution is -2.47. The van der Waals surface area contributed by atoms with Crippen LogP contribution in [0.1, 0.15) is 59.8 Å². The molecule has 2 heteroatoms. The van der Waals surface area contributed by atoms with Crippen LogP contribution in [0, 0.1) is 11.3 Å². The topological polar surface area (TPSA) is 32.3 Å². The molecule has 1 aliphatic carbocycles. The van der Waals surface area contributed by atoms with Gasteiger partial charge in [-0.1, -0.05) is 40.0 Å². The maximum atomic E-state index is 10.1. The summed E-state index contributed by atoms with van der Waals surface area (Å²) < 4.78 is 0. The lowest BCUT2D eigenvalue weighted by molar-refractivity contribution is -0.000918. The molecule has 0 aromatic carbocycles. The first-order valence-corrected chi connectivity index (χ1v) is 6.91. The van der Waals surface area contributed by atoms with Crippen molar-refractivity contribution in [2.75, 3.05) is 6.54 Å². The van der Waals surface area contributed by atoms with Crippen LogP contribution in [0.25, 0.3) is 0 Å². The van der Waals surface area contributed by atoms with Gasteiger partial charge in [0.1, 0.15) is 0 Å². The Morgan fingerprint density at radius 1 is 1.38 bits per heavy atom. The van der Waals surface area contributed by atoms with Gasteiger partial charge >= 0.3 is 0 Å². The molecule has 16 heavy (non-hydrogen) atoms. The van der Waals surface area contributed by atoms with E-state index in [-0.39, 0.29) is 11.5 Å². The molecule has 96 valence electrons. The lowest BCUT2D eigenvalue weighted by atomic mass is 9.73. The third-order valence-electron chi connectivity index (χ3n) is 4.61. The van der Waals surface area contributed by atoms with Crippen LogP contribution in [0.15, 0.2) is 0 Å². The Kier molecular flexibility index (Phi) is 5.26. The normalized spacial score (nSPS) is 34.7. The molecule has 0 amide bonds. The number of aliphatic hydroxyl groups is 1. The zero-order valence-electron chi connectivity index (χ0n) is 11.4. The Balaban J connectivity index is 2.40. The largest absolute Gasteiger partial charge is 0.393 e. The molecular weight excluding hydrogens is 198 g/mol. The highest BCUT2D eigenvalue weighted by Crippen LogP contribution is 2.35. The maximum Gasteiger partial charge on any atom is 0.0605 e. The van der Waals surface area contributed by atoms with E-state index in [9.17, 15) is 5.11 Å². The molecule has 1 rings (SSSR count). The Bertz CT molecular complexity index is 207. The van der Waals surface area contributed by atoms with Crippen LogP contribution < -0.4 is 5.32 Å². The van der Waals surface area contributed by atoms with Crippen LogP contribution in [0.4, 0.5) is 0 Å². The monoisotopic (exact) mass is 227 g/mol. The molecule has 1 saturated carbocycles. The second-order valence-electron chi connectivity index (χ2n) is 5.97. The van der Waals surface area contributed by atoms with Gasteiger partial charge in [0.25, 0.3) is 0 Å². The van der Waals surface area contributed by atoms with Crippen molar-refractivity contribution in [2.24, 2.45) is 11.3 Å². The van der Waals surface area contributed by atoms with Gasteiger partial charge in [0.05, 0.1) is 6.10 Å². The Labute approximate surface area is 101 Å². The molecule has 4 atom stereocenters. The van der Waals surface area contributed by atoms with Gasteiger partial charge in [-0.25, -0.2) is 0 Å². The minimum Gasteiger partial charge on any atom is -0.393 e. The van der Waals surface area contributed by atoms with Crippen molar-refractivity contribution in [3.05, 3.63) is 0 Å². The molecular formula is C14H29NO.